The Morgan fingerprint density at radius 1 is 1.53 bits per heavy atom. The van der Waals surface area contributed by atoms with Gasteiger partial charge in [0, 0.05) is 25.7 Å². The third-order valence-electron chi connectivity index (χ3n) is 3.04. The van der Waals surface area contributed by atoms with E-state index in [0.29, 0.717) is 6.42 Å². The fraction of sp³-hybridized carbons (Fsp3) is 0.467. The van der Waals surface area contributed by atoms with Gasteiger partial charge in [-0.3, -0.25) is 9.79 Å². The van der Waals surface area contributed by atoms with Crippen molar-refractivity contribution in [1.29, 1.82) is 0 Å². The minimum absolute atomic E-state index is 0.110. The average Bonchev–Trinajstić information content (AvgIpc) is 2.39. The molecule has 0 aromatic rings. The number of hydrogen-bond donors (Lipinski definition) is 0. The molecule has 0 saturated heterocycles. The molecule has 1 aliphatic rings. The zero-order valence-electron chi connectivity index (χ0n) is 12.1. The second-order valence-electron chi connectivity index (χ2n) is 4.41. The van der Waals surface area contributed by atoms with Gasteiger partial charge in [0.25, 0.3) is 0 Å². The van der Waals surface area contributed by atoms with Crippen LogP contribution in [-0.2, 0) is 4.79 Å². The zero-order chi connectivity index (χ0) is 14.4. The van der Waals surface area contributed by atoms with Crippen molar-refractivity contribution >= 4 is 11.6 Å². The molecule has 0 bridgehead atoms. The molecule has 0 radical (unpaired) electrons. The van der Waals surface area contributed by atoms with Gasteiger partial charge in [-0.1, -0.05) is 33.1 Å². The first-order chi connectivity index (χ1) is 9.06. The van der Waals surface area contributed by atoms with Gasteiger partial charge in [0.2, 0.25) is 5.91 Å². The average molecular weight is 261 g/mol. The van der Waals surface area contributed by atoms with E-state index in [1.54, 1.807) is 5.01 Å². The van der Waals surface area contributed by atoms with E-state index < -0.39 is 0 Å². The van der Waals surface area contributed by atoms with Crippen LogP contribution in [0.4, 0.5) is 0 Å². The molecule has 1 heterocycles. The molecule has 1 aliphatic heterocycles. The van der Waals surface area contributed by atoms with Gasteiger partial charge < -0.3 is 0 Å². The van der Waals surface area contributed by atoms with Crippen LogP contribution in [-0.4, -0.2) is 34.7 Å². The van der Waals surface area contributed by atoms with Crippen molar-refractivity contribution in [3.63, 3.8) is 0 Å². The molecule has 0 aromatic carbocycles. The number of hydrogen-bond acceptors (Lipinski definition) is 3. The number of aliphatic imine (C=N–C) groups is 1. The molecule has 19 heavy (non-hydrogen) atoms. The topological polar surface area (TPSA) is 35.9 Å². The highest BCUT2D eigenvalue weighted by molar-refractivity contribution is 6.13. The quantitative estimate of drug-likeness (QED) is 0.689. The lowest BCUT2D eigenvalue weighted by Gasteiger charge is -2.37. The molecule has 0 saturated carbocycles. The molecule has 0 fully saturated rings. The Bertz CT molecular complexity index is 431. The lowest BCUT2D eigenvalue weighted by atomic mass is 10.0. The predicted octanol–water partition coefficient (Wildman–Crippen LogP) is 2.91. The van der Waals surface area contributed by atoms with Gasteiger partial charge in [-0.05, 0) is 18.9 Å². The van der Waals surface area contributed by atoms with Crippen LogP contribution in [0.2, 0.25) is 0 Å². The van der Waals surface area contributed by atoms with E-state index in [2.05, 4.69) is 24.2 Å². The summed E-state index contributed by atoms with van der Waals surface area (Å²) in [4.78, 5) is 16.5. The van der Waals surface area contributed by atoms with E-state index in [-0.39, 0.29) is 5.91 Å². The highest BCUT2D eigenvalue weighted by Gasteiger charge is 2.28. The van der Waals surface area contributed by atoms with E-state index in [4.69, 9.17) is 0 Å². The SMILES string of the molecule is C=CN=C(C(=C)C)C1=CCCC(=O)N1N(CC)CC. The van der Waals surface area contributed by atoms with Gasteiger partial charge >= 0.3 is 0 Å². The number of hydrazine groups is 1. The van der Waals surface area contributed by atoms with E-state index in [1.165, 1.54) is 6.20 Å². The van der Waals surface area contributed by atoms with Crippen molar-refractivity contribution in [1.82, 2.24) is 10.0 Å². The Morgan fingerprint density at radius 2 is 2.16 bits per heavy atom. The molecular formula is C15H23N3O. The van der Waals surface area contributed by atoms with Gasteiger partial charge in [0.15, 0.2) is 0 Å². The highest BCUT2D eigenvalue weighted by Crippen LogP contribution is 2.22. The van der Waals surface area contributed by atoms with E-state index in [0.717, 1.165) is 36.5 Å². The van der Waals surface area contributed by atoms with Crippen LogP contribution in [0.15, 0.2) is 41.7 Å². The molecule has 0 spiro atoms. The molecule has 0 N–H and O–H groups in total. The Balaban J connectivity index is 3.23. The number of carbonyl (C=O) groups is 1. The zero-order valence-corrected chi connectivity index (χ0v) is 12.1. The molecule has 104 valence electrons. The maximum atomic E-state index is 12.2. The van der Waals surface area contributed by atoms with Crippen molar-refractivity contribution in [2.24, 2.45) is 4.99 Å². The number of nitrogens with zero attached hydrogens (tertiary/aromatic N) is 3. The molecule has 0 aromatic heterocycles. The lowest BCUT2D eigenvalue weighted by Crippen LogP contribution is -2.48. The van der Waals surface area contributed by atoms with Gasteiger partial charge in [-0.2, -0.15) is 0 Å². The molecule has 0 aliphatic carbocycles. The lowest BCUT2D eigenvalue weighted by molar-refractivity contribution is -0.143. The standard InChI is InChI=1S/C15H23N3O/c1-6-16-15(12(4)5)13-10-9-11-14(19)18(13)17(7-2)8-3/h6,10H,1,4,7-9,11H2,2-3,5H3. The fourth-order valence-electron chi connectivity index (χ4n) is 2.16. The minimum atomic E-state index is 0.110. The van der Waals surface area contributed by atoms with Crippen LogP contribution in [0, 0.1) is 0 Å². The highest BCUT2D eigenvalue weighted by atomic mass is 16.2. The molecule has 0 atom stereocenters. The third-order valence-corrected chi connectivity index (χ3v) is 3.04. The van der Waals surface area contributed by atoms with E-state index in [9.17, 15) is 4.79 Å². The first-order valence-electron chi connectivity index (χ1n) is 6.69. The second kappa shape index (κ2) is 7.04. The fourth-order valence-corrected chi connectivity index (χ4v) is 2.16. The van der Waals surface area contributed by atoms with Gasteiger partial charge in [0.1, 0.15) is 0 Å². The summed E-state index contributed by atoms with van der Waals surface area (Å²) in [6.07, 6.45) is 4.83. The maximum absolute atomic E-state index is 12.2. The van der Waals surface area contributed by atoms with Crippen LogP contribution >= 0.6 is 0 Å². The maximum Gasteiger partial charge on any atom is 0.241 e. The largest absolute Gasteiger partial charge is 0.273 e. The molecule has 1 amide bonds. The van der Waals surface area contributed by atoms with Crippen molar-refractivity contribution < 1.29 is 4.79 Å². The smallest absolute Gasteiger partial charge is 0.241 e. The summed E-state index contributed by atoms with van der Waals surface area (Å²) in [5.41, 5.74) is 2.39. The normalized spacial score (nSPS) is 16.6. The number of allylic oxidation sites excluding steroid dienone is 2. The van der Waals surface area contributed by atoms with Crippen molar-refractivity contribution in [3.05, 3.63) is 36.7 Å². The van der Waals surface area contributed by atoms with E-state index in [1.807, 2.05) is 25.8 Å². The third kappa shape index (κ3) is 3.41. The molecule has 4 heteroatoms. The van der Waals surface area contributed by atoms with Crippen molar-refractivity contribution in [2.75, 3.05) is 13.1 Å². The van der Waals surface area contributed by atoms with Crippen LogP contribution in [0.25, 0.3) is 0 Å². The van der Waals surface area contributed by atoms with Crippen LogP contribution < -0.4 is 0 Å². The van der Waals surface area contributed by atoms with E-state index >= 15 is 0 Å². The monoisotopic (exact) mass is 261 g/mol. The first kappa shape index (κ1) is 15.4. The van der Waals surface area contributed by atoms with Gasteiger partial charge in [-0.15, -0.1) is 0 Å². The first-order valence-corrected chi connectivity index (χ1v) is 6.69. The van der Waals surface area contributed by atoms with Crippen LogP contribution in [0.5, 0.6) is 0 Å². The summed E-state index contributed by atoms with van der Waals surface area (Å²) in [6, 6.07) is 0. The summed E-state index contributed by atoms with van der Waals surface area (Å²) < 4.78 is 0. The summed E-state index contributed by atoms with van der Waals surface area (Å²) >= 11 is 0. The molecular weight excluding hydrogens is 238 g/mol. The van der Waals surface area contributed by atoms with Gasteiger partial charge in [0.05, 0.1) is 11.4 Å². The number of amides is 1. The Labute approximate surface area is 115 Å². The predicted molar refractivity (Wildman–Crippen MR) is 79.5 cm³/mol. The minimum Gasteiger partial charge on any atom is -0.273 e. The molecule has 1 rings (SSSR count). The number of carbonyl (C=O) groups excluding carboxylic acids is 1. The van der Waals surface area contributed by atoms with Crippen molar-refractivity contribution in [3.8, 4) is 0 Å². The summed E-state index contributed by atoms with van der Waals surface area (Å²) in [6.45, 7) is 15.1. The summed E-state index contributed by atoms with van der Waals surface area (Å²) in [7, 11) is 0. The van der Waals surface area contributed by atoms with Crippen LogP contribution in [0.3, 0.4) is 0 Å². The van der Waals surface area contributed by atoms with Crippen LogP contribution in [0.1, 0.15) is 33.6 Å². The second-order valence-corrected chi connectivity index (χ2v) is 4.41. The molecule has 4 nitrogen and oxygen atoms in total. The Kier molecular flexibility index (Phi) is 5.70. The Morgan fingerprint density at radius 3 is 2.63 bits per heavy atom. The summed E-state index contributed by atoms with van der Waals surface area (Å²) in [5, 5.41) is 3.75. The van der Waals surface area contributed by atoms with Crippen molar-refractivity contribution in [2.45, 2.75) is 33.6 Å². The number of rotatable bonds is 6. The summed E-state index contributed by atoms with van der Waals surface area (Å²) in [5.74, 6) is 0.110. The molecule has 0 unspecified atom stereocenters. The van der Waals surface area contributed by atoms with Gasteiger partial charge in [-0.25, -0.2) is 10.0 Å². The Hall–Kier alpha value is -1.68.